The lowest BCUT2D eigenvalue weighted by molar-refractivity contribution is 0.396. The number of hydrogen-bond donors (Lipinski definition) is 0. The van der Waals surface area contributed by atoms with Gasteiger partial charge in [0.1, 0.15) is 0 Å². The fourth-order valence-electron chi connectivity index (χ4n) is 2.73. The van der Waals surface area contributed by atoms with Crippen LogP contribution in [0.3, 0.4) is 0 Å². The van der Waals surface area contributed by atoms with E-state index in [1.165, 1.54) is 0 Å². The molecule has 0 fully saturated rings. The van der Waals surface area contributed by atoms with Crippen molar-refractivity contribution in [1.82, 2.24) is 24.7 Å². The summed E-state index contributed by atoms with van der Waals surface area (Å²) in [6, 6.07) is 11.9. The number of nitrogens with zero attached hydrogens (tertiary/aromatic N) is 6. The molecule has 7 nitrogen and oxygen atoms in total. The van der Waals surface area contributed by atoms with Crippen molar-refractivity contribution in [3.63, 3.8) is 0 Å². The maximum Gasteiger partial charge on any atom is 0.229 e. The molecule has 0 unspecified atom stereocenters. The topological polar surface area (TPSA) is 69.0 Å². The molecule has 4 rings (SSSR count). The first-order valence-electron chi connectivity index (χ1n) is 7.44. The van der Waals surface area contributed by atoms with E-state index in [0.29, 0.717) is 18.4 Å². The van der Waals surface area contributed by atoms with Crippen LogP contribution < -0.4 is 9.64 Å². The molecule has 0 bridgehead atoms. The summed E-state index contributed by atoms with van der Waals surface area (Å²) in [6.45, 7) is 2.23. The van der Waals surface area contributed by atoms with Gasteiger partial charge in [-0.3, -0.25) is 0 Å². The summed E-state index contributed by atoms with van der Waals surface area (Å²) >= 11 is 0. The first-order valence-corrected chi connectivity index (χ1v) is 7.44. The van der Waals surface area contributed by atoms with Crippen LogP contribution in [0.2, 0.25) is 0 Å². The molecule has 0 atom stereocenters. The summed E-state index contributed by atoms with van der Waals surface area (Å²) in [5, 5.41) is 8.69. The summed E-state index contributed by atoms with van der Waals surface area (Å²) in [4.78, 5) is 10.8. The Balaban J connectivity index is 1.62. The van der Waals surface area contributed by atoms with Gasteiger partial charge in [0.2, 0.25) is 11.8 Å². The molecule has 3 aromatic rings. The highest BCUT2D eigenvalue weighted by Crippen LogP contribution is 2.23. The van der Waals surface area contributed by atoms with Crippen LogP contribution in [0.25, 0.3) is 11.4 Å². The molecule has 0 saturated carbocycles. The number of aromatic nitrogens is 5. The predicted molar refractivity (Wildman–Crippen MR) is 85.1 cm³/mol. The van der Waals surface area contributed by atoms with Gasteiger partial charge >= 0.3 is 0 Å². The van der Waals surface area contributed by atoms with Crippen molar-refractivity contribution in [2.24, 2.45) is 0 Å². The summed E-state index contributed by atoms with van der Waals surface area (Å²) in [5.74, 6) is 3.04. The molecule has 3 heterocycles. The van der Waals surface area contributed by atoms with E-state index in [1.54, 1.807) is 19.4 Å². The fraction of sp³-hybridized carbons (Fsp3) is 0.250. The lowest BCUT2D eigenvalue weighted by atomic mass is 10.2. The number of benzene rings is 1. The second-order valence-electron chi connectivity index (χ2n) is 5.28. The number of fused-ring (bicyclic) bond motifs is 1. The molecule has 0 N–H and O–H groups in total. The second kappa shape index (κ2) is 5.68. The van der Waals surface area contributed by atoms with Crippen LogP contribution in [-0.4, -0.2) is 38.4 Å². The smallest absolute Gasteiger partial charge is 0.229 e. The van der Waals surface area contributed by atoms with Gasteiger partial charge in [-0.1, -0.05) is 30.3 Å². The van der Waals surface area contributed by atoms with E-state index in [1.807, 2.05) is 18.2 Å². The number of ether oxygens (including phenoxy) is 1. The zero-order chi connectivity index (χ0) is 15.6. The van der Waals surface area contributed by atoms with Crippen molar-refractivity contribution in [3.8, 4) is 17.3 Å². The maximum absolute atomic E-state index is 5.17. The Morgan fingerprint density at radius 2 is 1.91 bits per heavy atom. The van der Waals surface area contributed by atoms with E-state index in [-0.39, 0.29) is 0 Å². The van der Waals surface area contributed by atoms with Crippen molar-refractivity contribution in [3.05, 3.63) is 48.4 Å². The Morgan fingerprint density at radius 3 is 2.74 bits per heavy atom. The second-order valence-corrected chi connectivity index (χ2v) is 5.28. The SMILES string of the molecule is COc1ccnc(N2CCn3c(nnc3-c3ccccc3)C2)n1. The molecule has 0 saturated heterocycles. The Bertz CT molecular complexity index is 816. The zero-order valence-electron chi connectivity index (χ0n) is 12.8. The Morgan fingerprint density at radius 1 is 1.04 bits per heavy atom. The third-order valence-corrected chi connectivity index (χ3v) is 3.89. The standard InChI is InChI=1S/C16H16N6O/c1-23-14-7-8-17-16(18-14)21-9-10-22-13(11-21)19-20-15(22)12-5-3-2-4-6-12/h2-8H,9-11H2,1H3. The quantitative estimate of drug-likeness (QED) is 0.734. The van der Waals surface area contributed by atoms with Crippen LogP contribution in [0.4, 0.5) is 5.95 Å². The minimum Gasteiger partial charge on any atom is -0.481 e. The molecule has 1 aliphatic heterocycles. The molecule has 1 aliphatic rings. The highest BCUT2D eigenvalue weighted by Gasteiger charge is 2.23. The van der Waals surface area contributed by atoms with Gasteiger partial charge in [-0.05, 0) is 0 Å². The summed E-state index contributed by atoms with van der Waals surface area (Å²) in [6.07, 6.45) is 1.70. The lowest BCUT2D eigenvalue weighted by Gasteiger charge is -2.27. The van der Waals surface area contributed by atoms with Crippen molar-refractivity contribution in [2.45, 2.75) is 13.1 Å². The molecule has 7 heteroatoms. The molecular formula is C16H16N6O. The van der Waals surface area contributed by atoms with Crippen LogP contribution in [0.1, 0.15) is 5.82 Å². The Labute approximate surface area is 133 Å². The van der Waals surface area contributed by atoms with E-state index in [9.17, 15) is 0 Å². The van der Waals surface area contributed by atoms with Crippen molar-refractivity contribution < 1.29 is 4.74 Å². The fourth-order valence-corrected chi connectivity index (χ4v) is 2.73. The summed E-state index contributed by atoms with van der Waals surface area (Å²) in [5.41, 5.74) is 1.08. The van der Waals surface area contributed by atoms with Crippen molar-refractivity contribution in [1.29, 1.82) is 0 Å². The van der Waals surface area contributed by atoms with Gasteiger partial charge in [0.05, 0.1) is 13.7 Å². The van der Waals surface area contributed by atoms with Crippen LogP contribution in [0.5, 0.6) is 5.88 Å². The van der Waals surface area contributed by atoms with Gasteiger partial charge in [-0.2, -0.15) is 4.98 Å². The van der Waals surface area contributed by atoms with Gasteiger partial charge in [-0.25, -0.2) is 4.98 Å². The van der Waals surface area contributed by atoms with Gasteiger partial charge in [-0.15, -0.1) is 10.2 Å². The lowest BCUT2D eigenvalue weighted by Crippen LogP contribution is -2.35. The normalized spacial score (nSPS) is 13.7. The molecule has 23 heavy (non-hydrogen) atoms. The molecule has 1 aromatic carbocycles. The molecule has 0 spiro atoms. The van der Waals surface area contributed by atoms with E-state index in [4.69, 9.17) is 4.74 Å². The molecular weight excluding hydrogens is 292 g/mol. The number of hydrogen-bond acceptors (Lipinski definition) is 6. The molecule has 0 radical (unpaired) electrons. The molecule has 2 aromatic heterocycles. The monoisotopic (exact) mass is 308 g/mol. The van der Waals surface area contributed by atoms with Gasteiger partial charge < -0.3 is 14.2 Å². The van der Waals surface area contributed by atoms with E-state index < -0.39 is 0 Å². The largest absolute Gasteiger partial charge is 0.481 e. The van der Waals surface area contributed by atoms with Crippen molar-refractivity contribution in [2.75, 3.05) is 18.6 Å². The number of methoxy groups -OCH3 is 1. The predicted octanol–water partition coefficient (Wildman–Crippen LogP) is 1.76. The molecule has 0 amide bonds. The molecule has 116 valence electrons. The van der Waals surface area contributed by atoms with E-state index in [2.05, 4.69) is 41.8 Å². The third kappa shape index (κ3) is 2.50. The Hall–Kier alpha value is -2.96. The van der Waals surface area contributed by atoms with Crippen LogP contribution in [0.15, 0.2) is 42.6 Å². The summed E-state index contributed by atoms with van der Waals surface area (Å²) in [7, 11) is 1.60. The van der Waals surface area contributed by atoms with Crippen molar-refractivity contribution >= 4 is 5.95 Å². The summed E-state index contributed by atoms with van der Waals surface area (Å²) < 4.78 is 7.32. The third-order valence-electron chi connectivity index (χ3n) is 3.89. The van der Waals surface area contributed by atoms with Crippen LogP contribution >= 0.6 is 0 Å². The zero-order valence-corrected chi connectivity index (χ0v) is 12.8. The highest BCUT2D eigenvalue weighted by atomic mass is 16.5. The highest BCUT2D eigenvalue weighted by molar-refractivity contribution is 5.55. The minimum atomic E-state index is 0.562. The van der Waals surface area contributed by atoms with Gasteiger partial charge in [0.15, 0.2) is 11.6 Å². The minimum absolute atomic E-state index is 0.562. The molecule has 0 aliphatic carbocycles. The maximum atomic E-state index is 5.17. The Kier molecular flexibility index (Phi) is 3.38. The number of rotatable bonds is 3. The van der Waals surface area contributed by atoms with Crippen LogP contribution in [0, 0.1) is 0 Å². The van der Waals surface area contributed by atoms with Crippen LogP contribution in [-0.2, 0) is 13.1 Å². The van der Waals surface area contributed by atoms with Gasteiger partial charge in [0.25, 0.3) is 0 Å². The van der Waals surface area contributed by atoms with E-state index >= 15 is 0 Å². The first-order chi connectivity index (χ1) is 11.3. The van der Waals surface area contributed by atoms with E-state index in [0.717, 1.165) is 30.3 Å². The average molecular weight is 308 g/mol. The number of anilines is 1. The van der Waals surface area contributed by atoms with Gasteiger partial charge in [0, 0.05) is 30.9 Å². The first kappa shape index (κ1) is 13.7. The average Bonchev–Trinajstić information content (AvgIpc) is 3.05.